The van der Waals surface area contributed by atoms with Crippen molar-refractivity contribution >= 4 is 5.95 Å². The lowest BCUT2D eigenvalue weighted by Crippen LogP contribution is -2.12. The van der Waals surface area contributed by atoms with E-state index in [1.807, 2.05) is 31.2 Å². The number of aromatic nitrogens is 2. The average molecular weight is 325 g/mol. The molecule has 1 aromatic carbocycles. The molecule has 1 aromatic heterocycles. The number of rotatable bonds is 7. The zero-order valence-electron chi connectivity index (χ0n) is 12.7. The van der Waals surface area contributed by atoms with E-state index in [0.29, 0.717) is 19.8 Å². The molecule has 0 bridgehead atoms. The zero-order valence-corrected chi connectivity index (χ0v) is 12.7. The third-order valence-electron chi connectivity index (χ3n) is 3.11. The number of benzene rings is 1. The lowest BCUT2D eigenvalue weighted by Gasteiger charge is -2.12. The van der Waals surface area contributed by atoms with Gasteiger partial charge in [-0.15, -0.1) is 0 Å². The van der Waals surface area contributed by atoms with Gasteiger partial charge in [-0.3, -0.25) is 0 Å². The van der Waals surface area contributed by atoms with Crippen molar-refractivity contribution in [3.8, 4) is 0 Å². The number of nitrogens with zero attached hydrogens (tertiary/aromatic N) is 2. The Labute approximate surface area is 132 Å². The Kier molecular flexibility index (Phi) is 5.92. The van der Waals surface area contributed by atoms with Gasteiger partial charge >= 0.3 is 6.18 Å². The van der Waals surface area contributed by atoms with E-state index in [0.717, 1.165) is 29.8 Å². The van der Waals surface area contributed by atoms with E-state index in [1.165, 1.54) is 0 Å². The summed E-state index contributed by atoms with van der Waals surface area (Å²) in [6.45, 7) is 3.49. The number of ether oxygens (including phenoxy) is 1. The molecular weight excluding hydrogens is 307 g/mol. The summed E-state index contributed by atoms with van der Waals surface area (Å²) in [5.41, 5.74) is 0.958. The molecular formula is C16H18F3N3O. The largest absolute Gasteiger partial charge is 0.433 e. The second kappa shape index (κ2) is 7.92. The Hall–Kier alpha value is -2.15. The molecule has 124 valence electrons. The van der Waals surface area contributed by atoms with Crippen LogP contribution in [0.1, 0.15) is 30.2 Å². The average Bonchev–Trinajstić information content (AvgIpc) is 2.54. The summed E-state index contributed by atoms with van der Waals surface area (Å²) >= 11 is 0. The molecule has 4 nitrogen and oxygen atoms in total. The van der Waals surface area contributed by atoms with Crippen LogP contribution in [0.2, 0.25) is 0 Å². The third kappa shape index (κ3) is 5.21. The molecule has 1 heterocycles. The Balaban J connectivity index is 2.03. The Morgan fingerprint density at radius 2 is 1.87 bits per heavy atom. The van der Waals surface area contributed by atoms with Crippen LogP contribution in [-0.2, 0) is 24.1 Å². The molecule has 0 fully saturated rings. The van der Waals surface area contributed by atoms with Gasteiger partial charge in [0.25, 0.3) is 0 Å². The zero-order chi connectivity index (χ0) is 16.7. The summed E-state index contributed by atoms with van der Waals surface area (Å²) in [5, 5.41) is 2.83. The molecule has 0 spiro atoms. The van der Waals surface area contributed by atoms with Crippen molar-refractivity contribution in [1.82, 2.24) is 9.97 Å². The first-order chi connectivity index (χ1) is 11.0. The van der Waals surface area contributed by atoms with Gasteiger partial charge < -0.3 is 10.1 Å². The molecule has 7 heteroatoms. The van der Waals surface area contributed by atoms with Gasteiger partial charge in [-0.1, -0.05) is 31.2 Å². The smallest absolute Gasteiger partial charge is 0.377 e. The van der Waals surface area contributed by atoms with E-state index in [2.05, 4.69) is 15.3 Å². The summed E-state index contributed by atoms with van der Waals surface area (Å²) in [6.07, 6.45) is -2.46. The minimum atomic E-state index is -4.48. The highest BCUT2D eigenvalue weighted by molar-refractivity contribution is 5.32. The number of hydrogen-bond acceptors (Lipinski definition) is 4. The molecule has 0 aliphatic carbocycles. The summed E-state index contributed by atoms with van der Waals surface area (Å²) in [7, 11) is 0. The first-order valence-corrected chi connectivity index (χ1v) is 7.29. The minimum absolute atomic E-state index is 0.0518. The summed E-state index contributed by atoms with van der Waals surface area (Å²) < 4.78 is 43.4. The molecule has 1 N–H and O–H groups in total. The quantitative estimate of drug-likeness (QED) is 0.781. The highest BCUT2D eigenvalue weighted by Gasteiger charge is 2.32. The number of anilines is 1. The van der Waals surface area contributed by atoms with E-state index < -0.39 is 11.9 Å². The van der Waals surface area contributed by atoms with Crippen LogP contribution in [0, 0.1) is 0 Å². The van der Waals surface area contributed by atoms with Crippen LogP contribution < -0.4 is 5.32 Å². The van der Waals surface area contributed by atoms with Crippen LogP contribution in [-0.4, -0.2) is 16.6 Å². The molecule has 0 aliphatic heterocycles. The maximum atomic E-state index is 12.6. The van der Waals surface area contributed by atoms with E-state index >= 15 is 0 Å². The monoisotopic (exact) mass is 325 g/mol. The van der Waals surface area contributed by atoms with Gasteiger partial charge in [-0.05, 0) is 23.6 Å². The molecule has 0 atom stereocenters. The molecule has 0 saturated heterocycles. The van der Waals surface area contributed by atoms with Crippen molar-refractivity contribution in [2.75, 3.05) is 11.9 Å². The second-order valence-corrected chi connectivity index (χ2v) is 4.94. The van der Waals surface area contributed by atoms with Crippen LogP contribution in [0.5, 0.6) is 0 Å². The summed E-state index contributed by atoms with van der Waals surface area (Å²) in [4.78, 5) is 7.31. The molecule has 0 amide bonds. The fraction of sp³-hybridized carbons (Fsp3) is 0.375. The fourth-order valence-electron chi connectivity index (χ4n) is 1.97. The van der Waals surface area contributed by atoms with Gasteiger partial charge in [0.1, 0.15) is 5.69 Å². The second-order valence-electron chi connectivity index (χ2n) is 4.94. The Bertz CT molecular complexity index is 632. The lowest BCUT2D eigenvalue weighted by atomic mass is 10.1. The highest BCUT2D eigenvalue weighted by atomic mass is 19.4. The standard InChI is InChI=1S/C16H18F3N3O/c1-2-9-23-11-13-6-4-3-5-12(13)10-21-15-20-8-7-14(22-15)16(17,18)19/h3-8H,2,9-11H2,1H3,(H,20,21,22). The van der Waals surface area contributed by atoms with Crippen molar-refractivity contribution in [2.24, 2.45) is 0 Å². The number of alkyl halides is 3. The van der Waals surface area contributed by atoms with Gasteiger partial charge in [0, 0.05) is 19.3 Å². The van der Waals surface area contributed by atoms with Crippen molar-refractivity contribution in [2.45, 2.75) is 32.7 Å². The van der Waals surface area contributed by atoms with E-state index in [4.69, 9.17) is 4.74 Å². The topological polar surface area (TPSA) is 47.0 Å². The molecule has 2 rings (SSSR count). The SMILES string of the molecule is CCCOCc1ccccc1CNc1nccc(C(F)(F)F)n1. The highest BCUT2D eigenvalue weighted by Crippen LogP contribution is 2.27. The summed E-state index contributed by atoms with van der Waals surface area (Å²) in [6, 6.07) is 8.44. The van der Waals surface area contributed by atoms with Crippen molar-refractivity contribution in [3.05, 3.63) is 53.3 Å². The van der Waals surface area contributed by atoms with Crippen molar-refractivity contribution in [1.29, 1.82) is 0 Å². The fourth-order valence-corrected chi connectivity index (χ4v) is 1.97. The minimum Gasteiger partial charge on any atom is -0.377 e. The van der Waals surface area contributed by atoms with Crippen molar-refractivity contribution < 1.29 is 17.9 Å². The molecule has 2 aromatic rings. The molecule has 0 aliphatic rings. The maximum Gasteiger partial charge on any atom is 0.433 e. The predicted molar refractivity (Wildman–Crippen MR) is 80.7 cm³/mol. The Morgan fingerprint density at radius 1 is 1.13 bits per heavy atom. The number of halogens is 3. The summed E-state index contributed by atoms with van der Waals surface area (Å²) in [5.74, 6) is -0.0518. The van der Waals surface area contributed by atoms with Gasteiger partial charge in [0.15, 0.2) is 0 Å². The van der Waals surface area contributed by atoms with Crippen LogP contribution in [0.15, 0.2) is 36.5 Å². The molecule has 23 heavy (non-hydrogen) atoms. The third-order valence-corrected chi connectivity index (χ3v) is 3.11. The van der Waals surface area contributed by atoms with Crippen LogP contribution in [0.4, 0.5) is 19.1 Å². The van der Waals surface area contributed by atoms with Gasteiger partial charge in [-0.25, -0.2) is 9.97 Å². The number of nitrogens with one attached hydrogen (secondary N) is 1. The van der Waals surface area contributed by atoms with Crippen LogP contribution in [0.3, 0.4) is 0 Å². The lowest BCUT2D eigenvalue weighted by molar-refractivity contribution is -0.141. The van der Waals surface area contributed by atoms with Gasteiger partial charge in [-0.2, -0.15) is 13.2 Å². The molecule has 0 saturated carbocycles. The normalized spacial score (nSPS) is 11.5. The first kappa shape index (κ1) is 17.2. The molecule has 0 radical (unpaired) electrons. The predicted octanol–water partition coefficient (Wildman–Crippen LogP) is 4.03. The van der Waals surface area contributed by atoms with Gasteiger partial charge in [0.05, 0.1) is 6.61 Å². The van der Waals surface area contributed by atoms with Crippen LogP contribution >= 0.6 is 0 Å². The van der Waals surface area contributed by atoms with Crippen LogP contribution in [0.25, 0.3) is 0 Å². The van der Waals surface area contributed by atoms with E-state index in [-0.39, 0.29) is 5.95 Å². The molecule has 0 unspecified atom stereocenters. The number of hydrogen-bond donors (Lipinski definition) is 1. The first-order valence-electron chi connectivity index (χ1n) is 7.29. The van der Waals surface area contributed by atoms with E-state index in [9.17, 15) is 13.2 Å². The van der Waals surface area contributed by atoms with Gasteiger partial charge in [0.2, 0.25) is 5.95 Å². The van der Waals surface area contributed by atoms with Crippen molar-refractivity contribution in [3.63, 3.8) is 0 Å². The Morgan fingerprint density at radius 3 is 2.57 bits per heavy atom. The van der Waals surface area contributed by atoms with E-state index in [1.54, 1.807) is 0 Å². The maximum absolute atomic E-state index is 12.6.